The summed E-state index contributed by atoms with van der Waals surface area (Å²) in [6.45, 7) is 4.39. The molecule has 20 heavy (non-hydrogen) atoms. The monoisotopic (exact) mass is 283 g/mol. The molecule has 0 aliphatic rings. The lowest BCUT2D eigenvalue weighted by atomic mass is 10.0. The third-order valence-electron chi connectivity index (χ3n) is 3.02. The molecular weight excluding hydrogens is 261 g/mol. The average Bonchev–Trinajstić information content (AvgIpc) is 2.43. The highest BCUT2D eigenvalue weighted by molar-refractivity contribution is 5.97. The first-order valence-corrected chi connectivity index (χ1v) is 6.59. The number of hydrogen-bond acceptors (Lipinski definition) is 4. The van der Waals surface area contributed by atoms with E-state index in [1.54, 1.807) is 12.1 Å². The van der Waals surface area contributed by atoms with Crippen LogP contribution in [-0.2, 0) is 6.54 Å². The topological polar surface area (TPSA) is 90.9 Å². The van der Waals surface area contributed by atoms with Crippen molar-refractivity contribution in [2.45, 2.75) is 32.9 Å². The Hall–Kier alpha value is -1.66. The SMILES string of the molecule is CC(C)CC(CO)NCc1cccc(/C(N)=N/O)c1F. The Morgan fingerprint density at radius 1 is 1.45 bits per heavy atom. The minimum atomic E-state index is -0.517. The van der Waals surface area contributed by atoms with Crippen molar-refractivity contribution in [3.63, 3.8) is 0 Å². The number of aliphatic hydroxyl groups excluding tert-OH is 1. The van der Waals surface area contributed by atoms with Crippen LogP contribution in [0.2, 0.25) is 0 Å². The van der Waals surface area contributed by atoms with Crippen molar-refractivity contribution in [3.05, 3.63) is 35.1 Å². The van der Waals surface area contributed by atoms with Crippen LogP contribution < -0.4 is 11.1 Å². The molecule has 1 aromatic rings. The fraction of sp³-hybridized carbons (Fsp3) is 0.500. The third kappa shape index (κ3) is 4.47. The van der Waals surface area contributed by atoms with Crippen LogP contribution in [0.4, 0.5) is 4.39 Å². The van der Waals surface area contributed by atoms with Crippen LogP contribution in [0.5, 0.6) is 0 Å². The predicted octanol–water partition coefficient (Wildman–Crippen LogP) is 1.42. The van der Waals surface area contributed by atoms with E-state index < -0.39 is 5.82 Å². The van der Waals surface area contributed by atoms with Crippen molar-refractivity contribution in [3.8, 4) is 0 Å². The molecule has 0 aliphatic heterocycles. The molecule has 1 aromatic carbocycles. The zero-order valence-electron chi connectivity index (χ0n) is 11.8. The first-order chi connectivity index (χ1) is 9.49. The zero-order chi connectivity index (χ0) is 15.1. The van der Waals surface area contributed by atoms with E-state index in [0.717, 1.165) is 6.42 Å². The number of nitrogens with zero attached hydrogens (tertiary/aromatic N) is 1. The summed E-state index contributed by atoms with van der Waals surface area (Å²) in [5.74, 6) is -0.338. The molecule has 0 fully saturated rings. The van der Waals surface area contributed by atoms with Crippen LogP contribution in [0.3, 0.4) is 0 Å². The highest BCUT2D eigenvalue weighted by Crippen LogP contribution is 2.13. The average molecular weight is 283 g/mol. The molecule has 1 rings (SSSR count). The number of hydrogen-bond donors (Lipinski definition) is 4. The molecule has 0 aliphatic carbocycles. The van der Waals surface area contributed by atoms with E-state index in [0.29, 0.717) is 11.5 Å². The summed E-state index contributed by atoms with van der Waals surface area (Å²) in [6.07, 6.45) is 0.804. The maximum Gasteiger partial charge on any atom is 0.173 e. The smallest absolute Gasteiger partial charge is 0.173 e. The van der Waals surface area contributed by atoms with Gasteiger partial charge in [-0.05, 0) is 18.4 Å². The minimum Gasteiger partial charge on any atom is -0.409 e. The molecule has 1 unspecified atom stereocenters. The lowest BCUT2D eigenvalue weighted by molar-refractivity contribution is 0.223. The van der Waals surface area contributed by atoms with Gasteiger partial charge in [0, 0.05) is 18.2 Å². The highest BCUT2D eigenvalue weighted by Gasteiger charge is 2.14. The second-order valence-corrected chi connectivity index (χ2v) is 5.15. The van der Waals surface area contributed by atoms with Crippen molar-refractivity contribution in [2.24, 2.45) is 16.8 Å². The largest absolute Gasteiger partial charge is 0.409 e. The van der Waals surface area contributed by atoms with Crippen molar-refractivity contribution >= 4 is 5.84 Å². The number of halogens is 1. The quantitative estimate of drug-likeness (QED) is 0.264. The van der Waals surface area contributed by atoms with Gasteiger partial charge in [-0.3, -0.25) is 0 Å². The predicted molar refractivity (Wildman–Crippen MR) is 76.1 cm³/mol. The van der Waals surface area contributed by atoms with Crippen molar-refractivity contribution in [1.82, 2.24) is 5.32 Å². The summed E-state index contributed by atoms with van der Waals surface area (Å²) >= 11 is 0. The maximum absolute atomic E-state index is 14.2. The first kappa shape index (κ1) is 16.4. The van der Waals surface area contributed by atoms with Crippen molar-refractivity contribution in [1.29, 1.82) is 0 Å². The van der Waals surface area contributed by atoms with Gasteiger partial charge in [-0.15, -0.1) is 0 Å². The third-order valence-corrected chi connectivity index (χ3v) is 3.02. The van der Waals surface area contributed by atoms with Gasteiger partial charge in [-0.2, -0.15) is 0 Å². The number of nitrogens with two attached hydrogens (primary N) is 1. The summed E-state index contributed by atoms with van der Waals surface area (Å²) in [6, 6.07) is 4.64. The maximum atomic E-state index is 14.2. The van der Waals surface area contributed by atoms with Gasteiger partial charge in [0.25, 0.3) is 0 Å². The molecular formula is C14H22FN3O2. The Labute approximate surface area is 118 Å². The van der Waals surface area contributed by atoms with E-state index in [9.17, 15) is 9.50 Å². The molecule has 0 spiro atoms. The van der Waals surface area contributed by atoms with Gasteiger partial charge in [0.1, 0.15) is 5.82 Å². The Balaban J connectivity index is 2.78. The van der Waals surface area contributed by atoms with E-state index in [-0.39, 0.29) is 30.6 Å². The number of amidine groups is 1. The van der Waals surface area contributed by atoms with Crippen LogP contribution in [0.15, 0.2) is 23.4 Å². The fourth-order valence-corrected chi connectivity index (χ4v) is 2.01. The lowest BCUT2D eigenvalue weighted by Crippen LogP contribution is -2.33. The van der Waals surface area contributed by atoms with Crippen molar-refractivity contribution in [2.75, 3.05) is 6.61 Å². The van der Waals surface area contributed by atoms with E-state index in [1.807, 2.05) is 0 Å². The molecule has 6 heteroatoms. The minimum absolute atomic E-state index is 0.000271. The summed E-state index contributed by atoms with van der Waals surface area (Å²) in [5.41, 5.74) is 5.89. The van der Waals surface area contributed by atoms with E-state index in [2.05, 4.69) is 24.3 Å². The van der Waals surface area contributed by atoms with Gasteiger partial charge < -0.3 is 21.4 Å². The molecule has 112 valence electrons. The van der Waals surface area contributed by atoms with Gasteiger partial charge in [-0.25, -0.2) is 4.39 Å². The second kappa shape index (κ2) is 7.81. The molecule has 0 radical (unpaired) electrons. The molecule has 0 saturated carbocycles. The molecule has 1 atom stereocenters. The van der Waals surface area contributed by atoms with Gasteiger partial charge in [0.15, 0.2) is 5.84 Å². The normalized spacial score (nSPS) is 13.8. The Bertz CT molecular complexity index is 464. The zero-order valence-corrected chi connectivity index (χ0v) is 11.8. The number of benzene rings is 1. The Morgan fingerprint density at radius 2 is 2.15 bits per heavy atom. The van der Waals surface area contributed by atoms with Crippen molar-refractivity contribution < 1.29 is 14.7 Å². The van der Waals surface area contributed by atoms with E-state index in [1.165, 1.54) is 6.07 Å². The summed E-state index contributed by atoms with van der Waals surface area (Å²) in [4.78, 5) is 0. The van der Waals surface area contributed by atoms with Crippen LogP contribution in [0, 0.1) is 11.7 Å². The van der Waals surface area contributed by atoms with Crippen LogP contribution in [-0.4, -0.2) is 28.8 Å². The van der Waals surface area contributed by atoms with Crippen LogP contribution in [0.1, 0.15) is 31.4 Å². The van der Waals surface area contributed by atoms with Gasteiger partial charge in [0.05, 0.1) is 12.2 Å². The lowest BCUT2D eigenvalue weighted by Gasteiger charge is -2.18. The molecule has 5 nitrogen and oxygen atoms in total. The van der Waals surface area contributed by atoms with Crippen LogP contribution in [0.25, 0.3) is 0 Å². The molecule has 5 N–H and O–H groups in total. The molecule has 0 heterocycles. The van der Waals surface area contributed by atoms with E-state index >= 15 is 0 Å². The highest BCUT2D eigenvalue weighted by atomic mass is 19.1. The standard InChI is InChI=1S/C14H22FN3O2/c1-9(2)6-11(8-19)17-7-10-4-3-5-12(13(10)15)14(16)18-20/h3-5,9,11,17,19-20H,6-8H2,1-2H3,(H2,16,18). The number of rotatable bonds is 7. The first-order valence-electron chi connectivity index (χ1n) is 6.59. The number of oxime groups is 1. The van der Waals surface area contributed by atoms with Gasteiger partial charge >= 0.3 is 0 Å². The van der Waals surface area contributed by atoms with Gasteiger partial charge in [0.2, 0.25) is 0 Å². The van der Waals surface area contributed by atoms with E-state index in [4.69, 9.17) is 10.9 Å². The molecule has 0 amide bonds. The van der Waals surface area contributed by atoms with Gasteiger partial charge in [-0.1, -0.05) is 31.1 Å². The second-order valence-electron chi connectivity index (χ2n) is 5.15. The molecule has 0 aromatic heterocycles. The summed E-state index contributed by atoms with van der Waals surface area (Å²) in [5, 5.41) is 23.8. The summed E-state index contributed by atoms with van der Waals surface area (Å²) in [7, 11) is 0. The molecule has 0 bridgehead atoms. The Morgan fingerprint density at radius 3 is 2.70 bits per heavy atom. The fourth-order valence-electron chi connectivity index (χ4n) is 2.01. The number of nitrogens with one attached hydrogen (secondary N) is 1. The summed E-state index contributed by atoms with van der Waals surface area (Å²) < 4.78 is 14.2. The Kier molecular flexibility index (Phi) is 6.41. The molecule has 0 saturated heterocycles. The van der Waals surface area contributed by atoms with Crippen LogP contribution >= 0.6 is 0 Å². The number of aliphatic hydroxyl groups is 1.